The number of nitrogens with one attached hydrogen (secondary N) is 1. The third kappa shape index (κ3) is 3.66. The summed E-state index contributed by atoms with van der Waals surface area (Å²) in [5.41, 5.74) is -0.825. The maximum atomic E-state index is 13.6. The molecule has 0 amide bonds. The Hall–Kier alpha value is -3.39. The number of hydrogen-bond acceptors (Lipinski definition) is 3. The summed E-state index contributed by atoms with van der Waals surface area (Å²) in [5.74, 6) is 0.279. The number of anilines is 2. The highest BCUT2D eigenvalue weighted by atomic mass is 32.1. The number of rotatable bonds is 3. The van der Waals surface area contributed by atoms with Crippen molar-refractivity contribution in [3.8, 4) is 5.69 Å². The zero-order chi connectivity index (χ0) is 20.6. The number of alkyl halides is 3. The maximum absolute atomic E-state index is 13.6. The molecule has 2 aromatic heterocycles. The van der Waals surface area contributed by atoms with Gasteiger partial charge in [0.25, 0.3) is 0 Å². The molecular weight excluding hydrogens is 399 g/mol. The molecular formula is C21H13F3N3OS. The van der Waals surface area contributed by atoms with Crippen molar-refractivity contribution in [2.45, 2.75) is 11.2 Å². The predicted octanol–water partition coefficient (Wildman–Crippen LogP) is 5.70. The minimum Gasteiger partial charge on any atom is -0.341 e. The first-order valence-corrected chi connectivity index (χ1v) is 8.98. The molecule has 145 valence electrons. The first-order chi connectivity index (χ1) is 13.8. The van der Waals surface area contributed by atoms with Crippen molar-refractivity contribution in [3.05, 3.63) is 88.6 Å². The molecule has 2 heterocycles. The summed E-state index contributed by atoms with van der Waals surface area (Å²) in [6.07, 6.45) is -4.74. The van der Waals surface area contributed by atoms with Gasteiger partial charge >= 0.3 is 6.18 Å². The van der Waals surface area contributed by atoms with Crippen molar-refractivity contribution in [2.75, 3.05) is 5.32 Å². The van der Waals surface area contributed by atoms with Crippen molar-refractivity contribution in [2.24, 2.45) is 0 Å². The molecule has 29 heavy (non-hydrogen) atoms. The van der Waals surface area contributed by atoms with E-state index in [4.69, 9.17) is 12.6 Å². The fourth-order valence-corrected chi connectivity index (χ4v) is 3.32. The van der Waals surface area contributed by atoms with E-state index in [9.17, 15) is 18.0 Å². The monoisotopic (exact) mass is 412 g/mol. The number of para-hydroxylation sites is 2. The van der Waals surface area contributed by atoms with Crippen LogP contribution in [0.1, 0.15) is 5.56 Å². The molecule has 1 radical (unpaired) electrons. The number of aromatic nitrogens is 2. The van der Waals surface area contributed by atoms with E-state index in [0.29, 0.717) is 11.4 Å². The van der Waals surface area contributed by atoms with Gasteiger partial charge in [0, 0.05) is 17.4 Å². The lowest BCUT2D eigenvalue weighted by Crippen LogP contribution is -2.18. The average Bonchev–Trinajstić information content (AvgIpc) is 2.68. The van der Waals surface area contributed by atoms with E-state index in [2.05, 4.69) is 10.3 Å². The molecule has 4 rings (SSSR count). The van der Waals surface area contributed by atoms with Crippen LogP contribution in [0.4, 0.5) is 24.7 Å². The largest absolute Gasteiger partial charge is 0.417 e. The van der Waals surface area contributed by atoms with Crippen LogP contribution in [0.2, 0.25) is 0 Å². The van der Waals surface area contributed by atoms with Crippen LogP contribution >= 0.6 is 12.6 Å². The normalized spacial score (nSPS) is 11.6. The van der Waals surface area contributed by atoms with Crippen molar-refractivity contribution >= 4 is 35.2 Å². The van der Waals surface area contributed by atoms with Crippen LogP contribution in [-0.2, 0) is 6.18 Å². The number of nitrogens with zero attached hydrogens (tertiary/aromatic N) is 2. The molecule has 0 unspecified atom stereocenters. The average molecular weight is 412 g/mol. The highest BCUT2D eigenvalue weighted by molar-refractivity contribution is 7.80. The van der Waals surface area contributed by atoms with E-state index in [-0.39, 0.29) is 16.5 Å². The first kappa shape index (κ1) is 18.9. The van der Waals surface area contributed by atoms with Gasteiger partial charge in [-0.2, -0.15) is 13.2 Å². The fourth-order valence-electron chi connectivity index (χ4n) is 3.11. The Morgan fingerprint density at radius 3 is 2.17 bits per heavy atom. The third-order valence-electron chi connectivity index (χ3n) is 4.31. The molecule has 0 aliphatic carbocycles. The zero-order valence-electron chi connectivity index (χ0n) is 14.8. The Morgan fingerprint density at radius 1 is 0.931 bits per heavy atom. The number of fused-ring (bicyclic) bond motifs is 1. The van der Waals surface area contributed by atoms with Gasteiger partial charge in [-0.1, -0.05) is 49.0 Å². The SMILES string of the molecule is O=c1cc(Nc2ccccc2)n(-c2ccccc2)c2nc([S])cc(C(F)(F)F)c12. The second kappa shape index (κ2) is 7.21. The molecule has 4 aromatic rings. The van der Waals surface area contributed by atoms with Crippen LogP contribution in [0.25, 0.3) is 16.7 Å². The van der Waals surface area contributed by atoms with E-state index in [1.54, 1.807) is 54.6 Å². The number of halogens is 3. The fraction of sp³-hybridized carbons (Fsp3) is 0.0476. The Morgan fingerprint density at radius 2 is 1.55 bits per heavy atom. The molecule has 1 N–H and O–H groups in total. The molecule has 0 saturated heterocycles. The third-order valence-corrected chi connectivity index (χ3v) is 4.52. The summed E-state index contributed by atoms with van der Waals surface area (Å²) >= 11 is 4.97. The van der Waals surface area contributed by atoms with E-state index in [1.807, 2.05) is 6.07 Å². The van der Waals surface area contributed by atoms with Crippen LogP contribution in [0.3, 0.4) is 0 Å². The van der Waals surface area contributed by atoms with Gasteiger partial charge in [0.15, 0.2) is 11.1 Å². The lowest BCUT2D eigenvalue weighted by Gasteiger charge is -2.19. The lowest BCUT2D eigenvalue weighted by atomic mass is 10.1. The van der Waals surface area contributed by atoms with Gasteiger partial charge in [-0.15, -0.1) is 0 Å². The summed E-state index contributed by atoms with van der Waals surface area (Å²) in [4.78, 5) is 16.9. The van der Waals surface area contributed by atoms with Crippen molar-refractivity contribution in [3.63, 3.8) is 0 Å². The minimum absolute atomic E-state index is 0.151. The summed E-state index contributed by atoms with van der Waals surface area (Å²) in [5, 5.41) is 2.32. The van der Waals surface area contributed by atoms with Crippen LogP contribution in [-0.4, -0.2) is 9.55 Å². The molecule has 0 atom stereocenters. The van der Waals surface area contributed by atoms with Crippen molar-refractivity contribution in [1.29, 1.82) is 0 Å². The quantitative estimate of drug-likeness (QED) is 0.469. The number of benzene rings is 2. The van der Waals surface area contributed by atoms with E-state index in [1.165, 1.54) is 4.57 Å². The van der Waals surface area contributed by atoms with E-state index >= 15 is 0 Å². The Labute approximate surface area is 169 Å². The van der Waals surface area contributed by atoms with E-state index < -0.39 is 22.6 Å². The van der Waals surface area contributed by atoms with E-state index in [0.717, 1.165) is 12.1 Å². The molecule has 0 aliphatic heterocycles. The van der Waals surface area contributed by atoms with Crippen LogP contribution in [0.5, 0.6) is 0 Å². The van der Waals surface area contributed by atoms with Gasteiger partial charge in [-0.3, -0.25) is 9.36 Å². The van der Waals surface area contributed by atoms with Crippen LogP contribution in [0.15, 0.2) is 82.6 Å². The van der Waals surface area contributed by atoms with Gasteiger partial charge in [0.05, 0.1) is 10.9 Å². The summed E-state index contributed by atoms with van der Waals surface area (Å²) in [6.45, 7) is 0. The number of hydrogen-bond donors (Lipinski definition) is 1. The zero-order valence-corrected chi connectivity index (χ0v) is 15.6. The van der Waals surface area contributed by atoms with Gasteiger partial charge in [0.1, 0.15) is 10.8 Å². The maximum Gasteiger partial charge on any atom is 0.417 e. The Kier molecular flexibility index (Phi) is 4.71. The van der Waals surface area contributed by atoms with Gasteiger partial charge in [-0.05, 0) is 30.3 Å². The molecule has 0 aliphatic rings. The molecule has 0 spiro atoms. The van der Waals surface area contributed by atoms with Crippen molar-refractivity contribution < 1.29 is 13.2 Å². The Bertz CT molecular complexity index is 1240. The second-order valence-corrected chi connectivity index (χ2v) is 6.68. The standard InChI is InChI=1S/C21H13F3N3OS/c22-21(23,24)15-11-18(29)26-20-19(15)16(28)12-17(25-13-7-3-1-4-8-13)27(20)14-9-5-2-6-10-14/h1-12,25H. The smallest absolute Gasteiger partial charge is 0.341 e. The highest BCUT2D eigenvalue weighted by Crippen LogP contribution is 2.35. The molecule has 0 saturated carbocycles. The molecule has 2 aromatic carbocycles. The summed E-state index contributed by atoms with van der Waals surface area (Å²) < 4.78 is 42.3. The molecule has 4 nitrogen and oxygen atoms in total. The second-order valence-electron chi connectivity index (χ2n) is 6.26. The number of pyridine rings is 2. The predicted molar refractivity (Wildman–Crippen MR) is 108 cm³/mol. The lowest BCUT2D eigenvalue weighted by molar-refractivity contribution is -0.136. The van der Waals surface area contributed by atoms with Crippen LogP contribution < -0.4 is 10.7 Å². The van der Waals surface area contributed by atoms with Crippen LogP contribution in [0, 0.1) is 0 Å². The molecule has 8 heteroatoms. The first-order valence-electron chi connectivity index (χ1n) is 8.57. The Balaban J connectivity index is 2.10. The van der Waals surface area contributed by atoms with Crippen molar-refractivity contribution in [1.82, 2.24) is 9.55 Å². The summed E-state index contributed by atoms with van der Waals surface area (Å²) in [7, 11) is 0. The van der Waals surface area contributed by atoms with Gasteiger partial charge in [-0.25, -0.2) is 4.98 Å². The summed E-state index contributed by atoms with van der Waals surface area (Å²) in [6, 6.07) is 19.6. The minimum atomic E-state index is -4.74. The topological polar surface area (TPSA) is 46.9 Å². The molecule has 0 fully saturated rings. The highest BCUT2D eigenvalue weighted by Gasteiger charge is 2.35. The van der Waals surface area contributed by atoms with Gasteiger partial charge in [0.2, 0.25) is 0 Å². The van der Waals surface area contributed by atoms with Gasteiger partial charge < -0.3 is 5.32 Å². The molecule has 0 bridgehead atoms.